The predicted octanol–water partition coefficient (Wildman–Crippen LogP) is 2.09. The van der Waals surface area contributed by atoms with Gasteiger partial charge in [0.15, 0.2) is 0 Å². The average Bonchev–Trinajstić information content (AvgIpc) is 2.73. The van der Waals surface area contributed by atoms with E-state index in [-0.39, 0.29) is 11.8 Å². The lowest BCUT2D eigenvalue weighted by molar-refractivity contribution is -0.129. The smallest absolute Gasteiger partial charge is 0.225 e. The van der Waals surface area contributed by atoms with Gasteiger partial charge in [0.05, 0.1) is 12.5 Å². The SMILES string of the molecule is O=C(NCC1CCC(Br)C1)C1CCCOC1. The Morgan fingerprint density at radius 2 is 2.25 bits per heavy atom. The fraction of sp³-hybridized carbons (Fsp3) is 0.917. The van der Waals surface area contributed by atoms with Crippen LogP contribution in [0.15, 0.2) is 0 Å². The van der Waals surface area contributed by atoms with Crippen LogP contribution in [0.3, 0.4) is 0 Å². The molecule has 0 aromatic rings. The first-order chi connectivity index (χ1) is 7.75. The molecule has 1 N–H and O–H groups in total. The van der Waals surface area contributed by atoms with Crippen LogP contribution in [0.2, 0.25) is 0 Å². The van der Waals surface area contributed by atoms with Crippen molar-refractivity contribution in [1.82, 2.24) is 5.32 Å². The molecule has 2 rings (SSSR count). The summed E-state index contributed by atoms with van der Waals surface area (Å²) in [6.07, 6.45) is 5.68. The second-order valence-corrected chi connectivity index (χ2v) is 6.23. The summed E-state index contributed by atoms with van der Waals surface area (Å²) in [5, 5.41) is 3.08. The summed E-state index contributed by atoms with van der Waals surface area (Å²) < 4.78 is 5.32. The van der Waals surface area contributed by atoms with Crippen LogP contribution in [0.4, 0.5) is 0 Å². The number of rotatable bonds is 3. The molecular weight excluding hydrogens is 270 g/mol. The van der Waals surface area contributed by atoms with E-state index in [1.165, 1.54) is 19.3 Å². The van der Waals surface area contributed by atoms with Gasteiger partial charge in [-0.3, -0.25) is 4.79 Å². The first-order valence-corrected chi connectivity index (χ1v) is 7.17. The van der Waals surface area contributed by atoms with Gasteiger partial charge in [-0.05, 0) is 38.0 Å². The van der Waals surface area contributed by atoms with Crippen LogP contribution in [-0.4, -0.2) is 30.5 Å². The highest BCUT2D eigenvalue weighted by molar-refractivity contribution is 9.09. The standard InChI is InChI=1S/C12H20BrNO2/c13-11-4-3-9(6-11)7-14-12(15)10-2-1-5-16-8-10/h9-11H,1-8H2,(H,14,15). The summed E-state index contributed by atoms with van der Waals surface area (Å²) in [4.78, 5) is 12.5. The van der Waals surface area contributed by atoms with E-state index in [1.807, 2.05) is 0 Å². The average molecular weight is 290 g/mol. The van der Waals surface area contributed by atoms with Crippen LogP contribution >= 0.6 is 15.9 Å². The van der Waals surface area contributed by atoms with Gasteiger partial charge in [0, 0.05) is 18.0 Å². The minimum Gasteiger partial charge on any atom is -0.381 e. The van der Waals surface area contributed by atoms with E-state index in [2.05, 4.69) is 21.2 Å². The molecule has 0 bridgehead atoms. The van der Waals surface area contributed by atoms with Gasteiger partial charge in [0.25, 0.3) is 0 Å². The molecule has 0 spiro atoms. The van der Waals surface area contributed by atoms with Crippen LogP contribution in [0, 0.1) is 11.8 Å². The molecule has 1 saturated carbocycles. The fourth-order valence-electron chi connectivity index (χ4n) is 2.54. The van der Waals surface area contributed by atoms with Crippen molar-refractivity contribution in [3.63, 3.8) is 0 Å². The number of amides is 1. The number of hydrogen-bond acceptors (Lipinski definition) is 2. The molecule has 0 aromatic carbocycles. The van der Waals surface area contributed by atoms with Crippen LogP contribution < -0.4 is 5.32 Å². The number of halogens is 1. The minimum absolute atomic E-state index is 0.0925. The van der Waals surface area contributed by atoms with Crippen molar-refractivity contribution in [3.05, 3.63) is 0 Å². The highest BCUT2D eigenvalue weighted by Crippen LogP contribution is 2.30. The highest BCUT2D eigenvalue weighted by Gasteiger charge is 2.25. The molecule has 2 fully saturated rings. The molecule has 2 aliphatic rings. The van der Waals surface area contributed by atoms with Crippen LogP contribution in [0.25, 0.3) is 0 Å². The molecule has 3 nitrogen and oxygen atoms in total. The number of alkyl halides is 1. The number of hydrogen-bond donors (Lipinski definition) is 1. The van der Waals surface area contributed by atoms with Crippen molar-refractivity contribution in [2.75, 3.05) is 19.8 Å². The topological polar surface area (TPSA) is 38.3 Å². The molecule has 1 heterocycles. The molecule has 92 valence electrons. The first kappa shape index (κ1) is 12.4. The molecule has 0 radical (unpaired) electrons. The van der Waals surface area contributed by atoms with Crippen molar-refractivity contribution in [2.24, 2.45) is 11.8 Å². The third kappa shape index (κ3) is 3.45. The van der Waals surface area contributed by atoms with E-state index in [4.69, 9.17) is 4.74 Å². The third-order valence-electron chi connectivity index (χ3n) is 3.57. The molecule has 16 heavy (non-hydrogen) atoms. The van der Waals surface area contributed by atoms with E-state index in [0.717, 1.165) is 26.0 Å². The van der Waals surface area contributed by atoms with Crippen molar-refractivity contribution in [1.29, 1.82) is 0 Å². The van der Waals surface area contributed by atoms with Crippen molar-refractivity contribution >= 4 is 21.8 Å². The molecular formula is C12H20BrNO2. The number of carbonyl (C=O) groups is 1. The monoisotopic (exact) mass is 289 g/mol. The van der Waals surface area contributed by atoms with Gasteiger partial charge >= 0.3 is 0 Å². The summed E-state index contributed by atoms with van der Waals surface area (Å²) in [6.45, 7) is 2.27. The van der Waals surface area contributed by atoms with Crippen molar-refractivity contribution in [3.8, 4) is 0 Å². The van der Waals surface area contributed by atoms with E-state index in [0.29, 0.717) is 17.4 Å². The zero-order valence-corrected chi connectivity index (χ0v) is 11.2. The maximum atomic E-state index is 11.8. The van der Waals surface area contributed by atoms with Crippen LogP contribution in [0.1, 0.15) is 32.1 Å². The largest absolute Gasteiger partial charge is 0.381 e. The zero-order valence-electron chi connectivity index (χ0n) is 9.58. The molecule has 4 heteroatoms. The Morgan fingerprint density at radius 1 is 1.38 bits per heavy atom. The molecule has 1 saturated heterocycles. The molecule has 1 aliphatic carbocycles. The second-order valence-electron chi connectivity index (χ2n) is 4.94. The summed E-state index contributed by atoms with van der Waals surface area (Å²) in [6, 6.07) is 0. The van der Waals surface area contributed by atoms with Gasteiger partial charge < -0.3 is 10.1 Å². The van der Waals surface area contributed by atoms with Gasteiger partial charge in [0.1, 0.15) is 0 Å². The minimum atomic E-state index is 0.0925. The van der Waals surface area contributed by atoms with Gasteiger partial charge in [-0.1, -0.05) is 15.9 Å². The van der Waals surface area contributed by atoms with Gasteiger partial charge in [-0.2, -0.15) is 0 Å². The Labute approximate surface area is 105 Å². The summed E-state index contributed by atoms with van der Waals surface area (Å²) in [5.74, 6) is 0.950. The summed E-state index contributed by atoms with van der Waals surface area (Å²) in [5.41, 5.74) is 0. The maximum Gasteiger partial charge on any atom is 0.225 e. The fourth-order valence-corrected chi connectivity index (χ4v) is 3.33. The Balaban J connectivity index is 1.66. The second kappa shape index (κ2) is 6.01. The lowest BCUT2D eigenvalue weighted by Crippen LogP contribution is -2.37. The van der Waals surface area contributed by atoms with Crippen molar-refractivity contribution < 1.29 is 9.53 Å². The normalized spacial score (nSPS) is 34.9. The molecule has 3 unspecified atom stereocenters. The lowest BCUT2D eigenvalue weighted by atomic mass is 10.0. The maximum absolute atomic E-state index is 11.8. The zero-order chi connectivity index (χ0) is 11.4. The number of nitrogens with one attached hydrogen (secondary N) is 1. The van der Waals surface area contributed by atoms with E-state index >= 15 is 0 Å². The molecule has 1 amide bonds. The Hall–Kier alpha value is -0.0900. The Bertz CT molecular complexity index is 241. The molecule has 0 aromatic heterocycles. The Morgan fingerprint density at radius 3 is 2.88 bits per heavy atom. The van der Waals surface area contributed by atoms with Crippen LogP contribution in [-0.2, 0) is 9.53 Å². The van der Waals surface area contributed by atoms with E-state index in [9.17, 15) is 4.79 Å². The van der Waals surface area contributed by atoms with Gasteiger partial charge in [0.2, 0.25) is 5.91 Å². The number of ether oxygens (including phenoxy) is 1. The van der Waals surface area contributed by atoms with E-state index < -0.39 is 0 Å². The third-order valence-corrected chi connectivity index (χ3v) is 4.40. The molecule has 1 aliphatic heterocycles. The number of carbonyl (C=O) groups excluding carboxylic acids is 1. The van der Waals surface area contributed by atoms with Gasteiger partial charge in [-0.15, -0.1) is 0 Å². The van der Waals surface area contributed by atoms with Crippen molar-refractivity contribution in [2.45, 2.75) is 36.9 Å². The molecule has 3 atom stereocenters. The van der Waals surface area contributed by atoms with Gasteiger partial charge in [-0.25, -0.2) is 0 Å². The first-order valence-electron chi connectivity index (χ1n) is 6.25. The van der Waals surface area contributed by atoms with E-state index in [1.54, 1.807) is 0 Å². The highest BCUT2D eigenvalue weighted by atomic mass is 79.9. The predicted molar refractivity (Wildman–Crippen MR) is 66.6 cm³/mol. The summed E-state index contributed by atoms with van der Waals surface area (Å²) >= 11 is 3.63. The van der Waals surface area contributed by atoms with Crippen LogP contribution in [0.5, 0.6) is 0 Å². The quantitative estimate of drug-likeness (QED) is 0.808. The Kier molecular flexibility index (Phi) is 4.65. The lowest BCUT2D eigenvalue weighted by Gasteiger charge is -2.22. The summed E-state index contributed by atoms with van der Waals surface area (Å²) in [7, 11) is 0.